The predicted molar refractivity (Wildman–Crippen MR) is 70.8 cm³/mol. The van der Waals surface area contributed by atoms with Crippen LogP contribution in [0.15, 0.2) is 12.3 Å². The Morgan fingerprint density at radius 2 is 2.00 bits per heavy atom. The maximum atomic E-state index is 9.59. The molecule has 3 nitrogen and oxygen atoms in total. The van der Waals surface area contributed by atoms with Crippen LogP contribution in [-0.4, -0.2) is 22.2 Å². The van der Waals surface area contributed by atoms with Crippen molar-refractivity contribution in [3.05, 3.63) is 22.3 Å². The highest BCUT2D eigenvalue weighted by molar-refractivity contribution is 6.35. The summed E-state index contributed by atoms with van der Waals surface area (Å²) in [7, 11) is 0. The van der Waals surface area contributed by atoms with Crippen LogP contribution in [0.5, 0.6) is 0 Å². The van der Waals surface area contributed by atoms with Crippen LogP contribution in [0.1, 0.15) is 32.1 Å². The first-order chi connectivity index (χ1) is 8.15. The van der Waals surface area contributed by atoms with E-state index in [2.05, 4.69) is 10.3 Å². The Labute approximate surface area is 111 Å². The van der Waals surface area contributed by atoms with Crippen molar-refractivity contribution in [2.45, 2.75) is 37.6 Å². The number of rotatable bonds is 3. The number of hydrogen-bond acceptors (Lipinski definition) is 3. The van der Waals surface area contributed by atoms with Gasteiger partial charge in [-0.15, -0.1) is 0 Å². The number of aliphatic hydroxyl groups excluding tert-OH is 1. The van der Waals surface area contributed by atoms with Crippen molar-refractivity contribution in [1.29, 1.82) is 0 Å². The fraction of sp³-hybridized carbons (Fsp3) is 0.583. The second-order valence-corrected chi connectivity index (χ2v) is 5.45. The van der Waals surface area contributed by atoms with Crippen LogP contribution >= 0.6 is 23.2 Å². The lowest BCUT2D eigenvalue weighted by molar-refractivity contribution is 0.172. The molecule has 1 aliphatic carbocycles. The summed E-state index contributed by atoms with van der Waals surface area (Å²) >= 11 is 11.9. The average molecular weight is 275 g/mol. The maximum absolute atomic E-state index is 9.59. The minimum atomic E-state index is -0.275. The Kier molecular flexibility index (Phi) is 4.13. The van der Waals surface area contributed by atoms with Crippen LogP contribution in [0.25, 0.3) is 0 Å². The van der Waals surface area contributed by atoms with Crippen LogP contribution in [0.4, 0.5) is 5.82 Å². The van der Waals surface area contributed by atoms with Crippen molar-refractivity contribution in [3.63, 3.8) is 0 Å². The first kappa shape index (κ1) is 12.9. The molecule has 0 aromatic carbocycles. The molecule has 1 heterocycles. The normalized spacial score (nSPS) is 19.0. The fourth-order valence-corrected chi connectivity index (χ4v) is 2.74. The van der Waals surface area contributed by atoms with Gasteiger partial charge in [-0.3, -0.25) is 0 Å². The average Bonchev–Trinajstić information content (AvgIpc) is 2.34. The zero-order valence-corrected chi connectivity index (χ0v) is 11.1. The van der Waals surface area contributed by atoms with Crippen molar-refractivity contribution in [1.82, 2.24) is 4.98 Å². The van der Waals surface area contributed by atoms with E-state index in [1.807, 2.05) is 0 Å². The number of hydrogen-bond donors (Lipinski definition) is 2. The summed E-state index contributed by atoms with van der Waals surface area (Å²) in [5.74, 6) is 0.604. The first-order valence-corrected chi connectivity index (χ1v) is 6.61. The topological polar surface area (TPSA) is 45.1 Å². The number of anilines is 1. The predicted octanol–water partition coefficient (Wildman–Crippen LogP) is 3.50. The van der Waals surface area contributed by atoms with Gasteiger partial charge >= 0.3 is 0 Å². The zero-order valence-electron chi connectivity index (χ0n) is 9.55. The summed E-state index contributed by atoms with van der Waals surface area (Å²) in [5, 5.41) is 13.9. The van der Waals surface area contributed by atoms with Gasteiger partial charge in [-0.2, -0.15) is 0 Å². The van der Waals surface area contributed by atoms with Crippen LogP contribution in [0.2, 0.25) is 10.0 Å². The van der Waals surface area contributed by atoms with E-state index in [9.17, 15) is 5.11 Å². The lowest BCUT2D eigenvalue weighted by Gasteiger charge is -2.37. The maximum Gasteiger partial charge on any atom is 0.145 e. The van der Waals surface area contributed by atoms with Crippen LogP contribution in [0.3, 0.4) is 0 Å². The molecule has 1 aromatic rings. The van der Waals surface area contributed by atoms with E-state index in [0.717, 1.165) is 25.7 Å². The molecule has 0 amide bonds. The molecule has 0 unspecified atom stereocenters. The van der Waals surface area contributed by atoms with E-state index in [4.69, 9.17) is 23.2 Å². The molecule has 1 aliphatic rings. The molecule has 0 radical (unpaired) electrons. The molecule has 1 aromatic heterocycles. The van der Waals surface area contributed by atoms with Gasteiger partial charge in [0, 0.05) is 6.20 Å². The van der Waals surface area contributed by atoms with E-state index >= 15 is 0 Å². The van der Waals surface area contributed by atoms with Crippen molar-refractivity contribution in [3.8, 4) is 0 Å². The molecule has 2 rings (SSSR count). The minimum absolute atomic E-state index is 0.105. The summed E-state index contributed by atoms with van der Waals surface area (Å²) in [4.78, 5) is 4.18. The Balaban J connectivity index is 2.17. The third-order valence-corrected chi connectivity index (χ3v) is 3.80. The molecular weight excluding hydrogens is 259 g/mol. The van der Waals surface area contributed by atoms with E-state index in [1.54, 1.807) is 12.3 Å². The van der Waals surface area contributed by atoms with Gasteiger partial charge < -0.3 is 10.4 Å². The summed E-state index contributed by atoms with van der Waals surface area (Å²) in [6.45, 7) is 0.105. The fourth-order valence-electron chi connectivity index (χ4n) is 2.31. The van der Waals surface area contributed by atoms with Crippen LogP contribution in [-0.2, 0) is 0 Å². The van der Waals surface area contributed by atoms with E-state index in [-0.39, 0.29) is 12.1 Å². The van der Waals surface area contributed by atoms with Gasteiger partial charge in [0.05, 0.1) is 22.2 Å². The Morgan fingerprint density at radius 3 is 2.59 bits per heavy atom. The Morgan fingerprint density at radius 1 is 1.29 bits per heavy atom. The summed E-state index contributed by atoms with van der Waals surface area (Å²) in [5.41, 5.74) is -0.275. The largest absolute Gasteiger partial charge is 0.394 e. The molecule has 5 heteroatoms. The van der Waals surface area contributed by atoms with Gasteiger partial charge in [0.1, 0.15) is 5.82 Å². The standard InChI is InChI=1S/C12H16Cl2N2O/c13-9-6-10(14)11(15-7-9)16-12(8-17)4-2-1-3-5-12/h6-7,17H,1-5,8H2,(H,15,16). The molecule has 0 atom stereocenters. The summed E-state index contributed by atoms with van der Waals surface area (Å²) < 4.78 is 0. The number of aliphatic hydroxyl groups is 1. The minimum Gasteiger partial charge on any atom is -0.394 e. The van der Waals surface area contributed by atoms with Crippen LogP contribution < -0.4 is 5.32 Å². The quantitative estimate of drug-likeness (QED) is 0.887. The third kappa shape index (κ3) is 3.03. The van der Waals surface area contributed by atoms with E-state index < -0.39 is 0 Å². The number of nitrogens with zero attached hydrogens (tertiary/aromatic N) is 1. The summed E-state index contributed by atoms with van der Waals surface area (Å²) in [6, 6.07) is 1.66. The molecule has 0 aliphatic heterocycles. The molecule has 1 fully saturated rings. The van der Waals surface area contributed by atoms with Gasteiger partial charge in [0.15, 0.2) is 0 Å². The molecule has 17 heavy (non-hydrogen) atoms. The van der Waals surface area contributed by atoms with Crippen molar-refractivity contribution in [2.75, 3.05) is 11.9 Å². The van der Waals surface area contributed by atoms with Gasteiger partial charge in [0.25, 0.3) is 0 Å². The zero-order chi connectivity index (χ0) is 12.3. The highest BCUT2D eigenvalue weighted by atomic mass is 35.5. The van der Waals surface area contributed by atoms with Crippen molar-refractivity contribution in [2.24, 2.45) is 0 Å². The first-order valence-electron chi connectivity index (χ1n) is 5.85. The van der Waals surface area contributed by atoms with Crippen molar-refractivity contribution < 1.29 is 5.11 Å². The van der Waals surface area contributed by atoms with Crippen LogP contribution in [0, 0.1) is 0 Å². The highest BCUT2D eigenvalue weighted by Gasteiger charge is 2.32. The Bertz CT molecular complexity index is 392. The van der Waals surface area contributed by atoms with Gasteiger partial charge in [-0.25, -0.2) is 4.98 Å². The second kappa shape index (κ2) is 5.42. The lowest BCUT2D eigenvalue weighted by Crippen LogP contribution is -2.44. The summed E-state index contributed by atoms with van der Waals surface area (Å²) in [6.07, 6.45) is 6.93. The Hall–Kier alpha value is -0.510. The SMILES string of the molecule is OCC1(Nc2ncc(Cl)cc2Cl)CCCCC1. The van der Waals surface area contributed by atoms with Crippen molar-refractivity contribution >= 4 is 29.0 Å². The highest BCUT2D eigenvalue weighted by Crippen LogP contribution is 2.33. The number of aromatic nitrogens is 1. The molecule has 0 bridgehead atoms. The smallest absolute Gasteiger partial charge is 0.145 e. The molecule has 1 saturated carbocycles. The van der Waals surface area contributed by atoms with Gasteiger partial charge in [-0.1, -0.05) is 42.5 Å². The molecular formula is C12H16Cl2N2O. The second-order valence-electron chi connectivity index (χ2n) is 4.61. The van der Waals surface area contributed by atoms with E-state index in [0.29, 0.717) is 15.9 Å². The lowest BCUT2D eigenvalue weighted by atomic mass is 9.82. The number of nitrogens with one attached hydrogen (secondary N) is 1. The molecule has 0 spiro atoms. The molecule has 0 saturated heterocycles. The molecule has 94 valence electrons. The van der Waals surface area contributed by atoms with Gasteiger partial charge in [0.2, 0.25) is 0 Å². The number of pyridine rings is 1. The molecule has 2 N–H and O–H groups in total. The van der Waals surface area contributed by atoms with E-state index in [1.165, 1.54) is 6.42 Å². The third-order valence-electron chi connectivity index (χ3n) is 3.30. The van der Waals surface area contributed by atoms with Gasteiger partial charge in [-0.05, 0) is 18.9 Å². The monoisotopic (exact) mass is 274 g/mol. The number of halogens is 2.